The van der Waals surface area contributed by atoms with Crippen LogP contribution in [-0.4, -0.2) is 32.5 Å². The van der Waals surface area contributed by atoms with Gasteiger partial charge in [0, 0.05) is 25.7 Å². The van der Waals surface area contributed by atoms with Gasteiger partial charge in [0.1, 0.15) is 0 Å². The molecule has 1 aliphatic rings. The molecule has 2 N–H and O–H groups in total. The van der Waals surface area contributed by atoms with Gasteiger partial charge in [-0.05, 0) is 12.8 Å². The first-order valence-corrected chi connectivity index (χ1v) is 4.65. The SMILES string of the molecule is CCC1OCCC1C(N)COC. The lowest BCUT2D eigenvalue weighted by molar-refractivity contribution is 0.0679. The summed E-state index contributed by atoms with van der Waals surface area (Å²) in [6, 6.07) is 0.141. The van der Waals surface area contributed by atoms with Crippen molar-refractivity contribution in [2.24, 2.45) is 11.7 Å². The molecule has 3 heteroatoms. The maximum Gasteiger partial charge on any atom is 0.0617 e. The van der Waals surface area contributed by atoms with Crippen LogP contribution < -0.4 is 5.73 Å². The highest BCUT2D eigenvalue weighted by Crippen LogP contribution is 2.25. The van der Waals surface area contributed by atoms with Crippen LogP contribution in [0.3, 0.4) is 0 Å². The highest BCUT2D eigenvalue weighted by atomic mass is 16.5. The Balaban J connectivity index is 2.38. The van der Waals surface area contributed by atoms with Crippen LogP contribution in [0.4, 0.5) is 0 Å². The van der Waals surface area contributed by atoms with E-state index in [0.717, 1.165) is 19.4 Å². The average Bonchev–Trinajstić information content (AvgIpc) is 2.51. The predicted molar refractivity (Wildman–Crippen MR) is 48.0 cm³/mol. The fourth-order valence-corrected chi connectivity index (χ4v) is 1.89. The largest absolute Gasteiger partial charge is 0.383 e. The van der Waals surface area contributed by atoms with Gasteiger partial charge in [-0.25, -0.2) is 0 Å². The van der Waals surface area contributed by atoms with E-state index >= 15 is 0 Å². The second kappa shape index (κ2) is 4.80. The summed E-state index contributed by atoms with van der Waals surface area (Å²) < 4.78 is 10.6. The van der Waals surface area contributed by atoms with Crippen LogP contribution in [0.5, 0.6) is 0 Å². The number of rotatable bonds is 4. The molecule has 0 saturated carbocycles. The van der Waals surface area contributed by atoms with Crippen LogP contribution >= 0.6 is 0 Å². The Morgan fingerprint density at radius 2 is 2.42 bits per heavy atom. The molecule has 3 atom stereocenters. The van der Waals surface area contributed by atoms with Crippen molar-refractivity contribution in [3.8, 4) is 0 Å². The lowest BCUT2D eigenvalue weighted by Crippen LogP contribution is -2.38. The number of methoxy groups -OCH3 is 1. The summed E-state index contributed by atoms with van der Waals surface area (Å²) in [5.41, 5.74) is 5.95. The second-order valence-corrected chi connectivity index (χ2v) is 3.39. The summed E-state index contributed by atoms with van der Waals surface area (Å²) in [6.45, 7) is 3.65. The summed E-state index contributed by atoms with van der Waals surface area (Å²) in [7, 11) is 1.69. The lowest BCUT2D eigenvalue weighted by atomic mass is 9.92. The topological polar surface area (TPSA) is 44.5 Å². The maximum absolute atomic E-state index is 5.95. The quantitative estimate of drug-likeness (QED) is 0.683. The van der Waals surface area contributed by atoms with Crippen molar-refractivity contribution in [3.63, 3.8) is 0 Å². The molecule has 1 aliphatic heterocycles. The molecule has 0 spiro atoms. The third kappa shape index (κ3) is 2.19. The van der Waals surface area contributed by atoms with Gasteiger partial charge in [-0.3, -0.25) is 0 Å². The van der Waals surface area contributed by atoms with Gasteiger partial charge in [-0.2, -0.15) is 0 Å². The van der Waals surface area contributed by atoms with Crippen LogP contribution in [0, 0.1) is 5.92 Å². The standard InChI is InChI=1S/C9H19NO2/c1-3-9-7(4-5-12-9)8(10)6-11-2/h7-9H,3-6,10H2,1-2H3. The Morgan fingerprint density at radius 3 is 3.00 bits per heavy atom. The molecule has 3 unspecified atom stereocenters. The van der Waals surface area contributed by atoms with Crippen LogP contribution in [0.25, 0.3) is 0 Å². The third-order valence-electron chi connectivity index (χ3n) is 2.57. The Morgan fingerprint density at radius 1 is 1.67 bits per heavy atom. The minimum Gasteiger partial charge on any atom is -0.383 e. The minimum absolute atomic E-state index is 0.141. The Hall–Kier alpha value is -0.120. The van der Waals surface area contributed by atoms with Crippen molar-refractivity contribution in [1.82, 2.24) is 0 Å². The molecule has 0 amide bonds. The van der Waals surface area contributed by atoms with E-state index < -0.39 is 0 Å². The fraction of sp³-hybridized carbons (Fsp3) is 1.00. The van der Waals surface area contributed by atoms with Gasteiger partial charge in [0.25, 0.3) is 0 Å². The number of nitrogens with two attached hydrogens (primary N) is 1. The second-order valence-electron chi connectivity index (χ2n) is 3.39. The van der Waals surface area contributed by atoms with Crippen LogP contribution in [-0.2, 0) is 9.47 Å². The first kappa shape index (κ1) is 9.96. The molecule has 0 aromatic carbocycles. The Labute approximate surface area is 74.2 Å². The lowest BCUT2D eigenvalue weighted by Gasteiger charge is -2.22. The highest BCUT2D eigenvalue weighted by molar-refractivity contribution is 4.83. The van der Waals surface area contributed by atoms with Crippen molar-refractivity contribution in [2.75, 3.05) is 20.3 Å². The molecule has 72 valence electrons. The van der Waals surface area contributed by atoms with Crippen molar-refractivity contribution in [2.45, 2.75) is 31.9 Å². The van der Waals surface area contributed by atoms with Crippen molar-refractivity contribution < 1.29 is 9.47 Å². The van der Waals surface area contributed by atoms with Gasteiger partial charge in [-0.15, -0.1) is 0 Å². The molecule has 3 nitrogen and oxygen atoms in total. The maximum atomic E-state index is 5.95. The summed E-state index contributed by atoms with van der Waals surface area (Å²) in [5.74, 6) is 0.495. The minimum atomic E-state index is 0.141. The molecule has 0 aromatic rings. The van der Waals surface area contributed by atoms with Crippen LogP contribution in [0.2, 0.25) is 0 Å². The van der Waals surface area contributed by atoms with E-state index in [-0.39, 0.29) is 6.04 Å². The van der Waals surface area contributed by atoms with Gasteiger partial charge in [0.05, 0.1) is 12.7 Å². The molecule has 1 fully saturated rings. The van der Waals surface area contributed by atoms with E-state index in [0.29, 0.717) is 18.6 Å². The first-order chi connectivity index (χ1) is 5.79. The molecule has 1 rings (SSSR count). The number of hydrogen-bond acceptors (Lipinski definition) is 3. The smallest absolute Gasteiger partial charge is 0.0617 e. The molecule has 0 aliphatic carbocycles. The molecule has 12 heavy (non-hydrogen) atoms. The summed E-state index contributed by atoms with van der Waals surface area (Å²) >= 11 is 0. The Kier molecular flexibility index (Phi) is 3.98. The van der Waals surface area contributed by atoms with Crippen molar-refractivity contribution in [3.05, 3.63) is 0 Å². The summed E-state index contributed by atoms with van der Waals surface area (Å²) in [6.07, 6.45) is 2.50. The molecular formula is C9H19NO2. The van der Waals surface area contributed by atoms with E-state index in [1.807, 2.05) is 0 Å². The number of hydrogen-bond donors (Lipinski definition) is 1. The van der Waals surface area contributed by atoms with Crippen LogP contribution in [0.1, 0.15) is 19.8 Å². The van der Waals surface area contributed by atoms with Gasteiger partial charge < -0.3 is 15.2 Å². The van der Waals surface area contributed by atoms with E-state index in [1.165, 1.54) is 0 Å². The molecule has 1 heterocycles. The molecule has 0 bridgehead atoms. The molecular weight excluding hydrogens is 154 g/mol. The van der Waals surface area contributed by atoms with Crippen LogP contribution in [0.15, 0.2) is 0 Å². The van der Waals surface area contributed by atoms with Crippen molar-refractivity contribution >= 4 is 0 Å². The molecule has 0 radical (unpaired) electrons. The monoisotopic (exact) mass is 173 g/mol. The average molecular weight is 173 g/mol. The highest BCUT2D eigenvalue weighted by Gasteiger charge is 2.31. The summed E-state index contributed by atoms with van der Waals surface area (Å²) in [4.78, 5) is 0. The van der Waals surface area contributed by atoms with E-state index in [1.54, 1.807) is 7.11 Å². The fourth-order valence-electron chi connectivity index (χ4n) is 1.89. The van der Waals surface area contributed by atoms with E-state index in [2.05, 4.69) is 6.92 Å². The van der Waals surface area contributed by atoms with E-state index in [9.17, 15) is 0 Å². The predicted octanol–water partition coefficient (Wildman–Crippen LogP) is 0.775. The normalized spacial score (nSPS) is 32.2. The zero-order valence-electron chi connectivity index (χ0n) is 7.95. The van der Waals surface area contributed by atoms with Gasteiger partial charge in [-0.1, -0.05) is 6.92 Å². The van der Waals surface area contributed by atoms with Gasteiger partial charge in [0.15, 0.2) is 0 Å². The van der Waals surface area contributed by atoms with E-state index in [4.69, 9.17) is 15.2 Å². The molecule has 1 saturated heterocycles. The molecule has 0 aromatic heterocycles. The van der Waals surface area contributed by atoms with Gasteiger partial charge in [0.2, 0.25) is 0 Å². The van der Waals surface area contributed by atoms with Crippen molar-refractivity contribution in [1.29, 1.82) is 0 Å². The van der Waals surface area contributed by atoms with Gasteiger partial charge >= 0.3 is 0 Å². The summed E-state index contributed by atoms with van der Waals surface area (Å²) in [5, 5.41) is 0. The Bertz CT molecular complexity index is 130. The zero-order chi connectivity index (χ0) is 8.97. The first-order valence-electron chi connectivity index (χ1n) is 4.65. The zero-order valence-corrected chi connectivity index (χ0v) is 7.95. The third-order valence-corrected chi connectivity index (χ3v) is 2.57. The number of ether oxygens (including phenoxy) is 2.